The predicted molar refractivity (Wildman–Crippen MR) is 86.7 cm³/mol. The maximum Gasteiger partial charge on any atom is 0.123 e. The summed E-state index contributed by atoms with van der Waals surface area (Å²) in [6.45, 7) is 4.63. The molecule has 1 aromatic heterocycles. The molecule has 3 rings (SSSR count). The Kier molecular flexibility index (Phi) is 5.08. The van der Waals surface area contributed by atoms with E-state index in [4.69, 9.17) is 10.5 Å². The van der Waals surface area contributed by atoms with Crippen LogP contribution in [0.2, 0.25) is 0 Å². The second-order valence-corrected chi connectivity index (χ2v) is 5.89. The van der Waals surface area contributed by atoms with Crippen LogP contribution in [0.1, 0.15) is 18.4 Å². The Balaban J connectivity index is 1.50. The molecule has 2 heterocycles. The summed E-state index contributed by atoms with van der Waals surface area (Å²) in [5.41, 5.74) is 7.23. The highest BCUT2D eigenvalue weighted by Gasteiger charge is 2.19. The van der Waals surface area contributed by atoms with Gasteiger partial charge in [0.15, 0.2) is 0 Å². The number of aryl methyl sites for hydroxylation is 1. The van der Waals surface area contributed by atoms with Gasteiger partial charge in [0.1, 0.15) is 5.75 Å². The van der Waals surface area contributed by atoms with E-state index in [0.717, 1.165) is 44.8 Å². The molecule has 5 heteroatoms. The molecule has 5 nitrogen and oxygen atoms in total. The quantitative estimate of drug-likeness (QED) is 0.793. The number of nitrogens with two attached hydrogens (primary N) is 1. The number of imidazole rings is 1. The van der Waals surface area contributed by atoms with E-state index >= 15 is 0 Å². The van der Waals surface area contributed by atoms with Gasteiger partial charge in [-0.25, -0.2) is 4.98 Å². The Morgan fingerprint density at radius 2 is 2.23 bits per heavy atom. The molecule has 2 N–H and O–H groups in total. The van der Waals surface area contributed by atoms with Crippen molar-refractivity contribution in [3.63, 3.8) is 0 Å². The minimum atomic E-state index is 0.322. The van der Waals surface area contributed by atoms with E-state index in [-0.39, 0.29) is 0 Å². The molecule has 1 aliphatic rings. The number of nitrogens with zero attached hydrogens (tertiary/aromatic N) is 3. The number of hydrogen-bond acceptors (Lipinski definition) is 4. The molecule has 1 saturated heterocycles. The summed E-state index contributed by atoms with van der Waals surface area (Å²) >= 11 is 0. The van der Waals surface area contributed by atoms with E-state index in [1.807, 2.05) is 18.6 Å². The first-order chi connectivity index (χ1) is 10.8. The molecule has 118 valence electrons. The van der Waals surface area contributed by atoms with Crippen molar-refractivity contribution >= 4 is 0 Å². The first-order valence-electron chi connectivity index (χ1n) is 7.95. The Labute approximate surface area is 131 Å². The number of rotatable bonds is 7. The van der Waals surface area contributed by atoms with Crippen molar-refractivity contribution < 1.29 is 4.74 Å². The van der Waals surface area contributed by atoms with Crippen LogP contribution in [0.5, 0.6) is 5.75 Å². The van der Waals surface area contributed by atoms with Crippen LogP contribution in [0.3, 0.4) is 0 Å². The second-order valence-electron chi connectivity index (χ2n) is 5.89. The van der Waals surface area contributed by atoms with Crippen LogP contribution >= 0.6 is 0 Å². The average Bonchev–Trinajstić information content (AvgIpc) is 3.17. The zero-order chi connectivity index (χ0) is 15.2. The fourth-order valence-electron chi connectivity index (χ4n) is 2.87. The number of likely N-dealkylation sites (tertiary alicyclic amines) is 1. The molecule has 0 bridgehead atoms. The van der Waals surface area contributed by atoms with Gasteiger partial charge in [-0.15, -0.1) is 0 Å². The van der Waals surface area contributed by atoms with Gasteiger partial charge in [0.2, 0.25) is 0 Å². The Hall–Kier alpha value is -1.85. The SMILES string of the molecule is NC1CCN(Cc2ccccc2OCCCn2ccnc2)C1. The minimum Gasteiger partial charge on any atom is -0.493 e. The zero-order valence-corrected chi connectivity index (χ0v) is 12.9. The van der Waals surface area contributed by atoms with Crippen molar-refractivity contribution in [1.29, 1.82) is 0 Å². The third-order valence-corrected chi connectivity index (χ3v) is 4.05. The predicted octanol–water partition coefficient (Wildman–Crippen LogP) is 1.89. The van der Waals surface area contributed by atoms with Crippen LogP contribution < -0.4 is 10.5 Å². The fourth-order valence-corrected chi connectivity index (χ4v) is 2.87. The minimum absolute atomic E-state index is 0.322. The molecule has 1 fully saturated rings. The highest BCUT2D eigenvalue weighted by Crippen LogP contribution is 2.22. The van der Waals surface area contributed by atoms with Crippen molar-refractivity contribution in [2.24, 2.45) is 5.73 Å². The van der Waals surface area contributed by atoms with Crippen LogP contribution in [0.15, 0.2) is 43.0 Å². The molecular formula is C17H24N4O. The maximum absolute atomic E-state index is 5.98. The third-order valence-electron chi connectivity index (χ3n) is 4.05. The molecule has 1 unspecified atom stereocenters. The molecule has 1 aliphatic heterocycles. The lowest BCUT2D eigenvalue weighted by Crippen LogP contribution is -2.26. The number of ether oxygens (including phenoxy) is 1. The van der Waals surface area contributed by atoms with Crippen LogP contribution in [0, 0.1) is 0 Å². The normalized spacial score (nSPS) is 18.7. The topological polar surface area (TPSA) is 56.3 Å². The van der Waals surface area contributed by atoms with Gasteiger partial charge in [0.25, 0.3) is 0 Å². The Morgan fingerprint density at radius 1 is 1.32 bits per heavy atom. The highest BCUT2D eigenvalue weighted by atomic mass is 16.5. The first kappa shape index (κ1) is 15.1. The number of aromatic nitrogens is 2. The number of hydrogen-bond donors (Lipinski definition) is 1. The molecule has 1 aromatic carbocycles. The van der Waals surface area contributed by atoms with Crippen LogP contribution in [-0.2, 0) is 13.1 Å². The van der Waals surface area contributed by atoms with Gasteiger partial charge in [-0.3, -0.25) is 4.90 Å². The van der Waals surface area contributed by atoms with Crippen molar-refractivity contribution in [1.82, 2.24) is 14.5 Å². The van der Waals surface area contributed by atoms with Crippen molar-refractivity contribution in [2.75, 3.05) is 19.7 Å². The summed E-state index contributed by atoms with van der Waals surface area (Å²) in [5.74, 6) is 0.994. The monoisotopic (exact) mass is 300 g/mol. The maximum atomic E-state index is 5.98. The molecule has 0 aliphatic carbocycles. The molecule has 22 heavy (non-hydrogen) atoms. The summed E-state index contributed by atoms with van der Waals surface area (Å²) in [4.78, 5) is 6.44. The van der Waals surface area contributed by atoms with Gasteiger partial charge in [-0.2, -0.15) is 0 Å². The smallest absolute Gasteiger partial charge is 0.123 e. The number of para-hydroxylation sites is 1. The van der Waals surface area contributed by atoms with Gasteiger partial charge >= 0.3 is 0 Å². The average molecular weight is 300 g/mol. The van der Waals surface area contributed by atoms with E-state index in [1.54, 1.807) is 6.20 Å². The van der Waals surface area contributed by atoms with Crippen molar-refractivity contribution in [3.05, 3.63) is 48.5 Å². The van der Waals surface area contributed by atoms with E-state index in [0.29, 0.717) is 12.6 Å². The second kappa shape index (κ2) is 7.42. The summed E-state index contributed by atoms with van der Waals surface area (Å²) in [7, 11) is 0. The Bertz CT molecular complexity index is 570. The molecule has 0 saturated carbocycles. The van der Waals surface area contributed by atoms with Gasteiger partial charge in [0, 0.05) is 50.2 Å². The third kappa shape index (κ3) is 4.08. The van der Waals surface area contributed by atoms with E-state index < -0.39 is 0 Å². The lowest BCUT2D eigenvalue weighted by Gasteiger charge is -2.18. The lowest BCUT2D eigenvalue weighted by atomic mass is 10.2. The van der Waals surface area contributed by atoms with E-state index in [9.17, 15) is 0 Å². The largest absolute Gasteiger partial charge is 0.493 e. The zero-order valence-electron chi connectivity index (χ0n) is 12.9. The van der Waals surface area contributed by atoms with Gasteiger partial charge in [0.05, 0.1) is 12.9 Å². The first-order valence-corrected chi connectivity index (χ1v) is 7.95. The standard InChI is InChI=1S/C17H24N4O/c18-16-6-9-21(13-16)12-15-4-1-2-5-17(15)22-11-3-8-20-10-7-19-14-20/h1-2,4-5,7,10,14,16H,3,6,8-9,11-13,18H2. The number of benzene rings is 1. The summed E-state index contributed by atoms with van der Waals surface area (Å²) in [5, 5.41) is 0. The molecule has 2 aromatic rings. The van der Waals surface area contributed by atoms with Crippen LogP contribution in [0.25, 0.3) is 0 Å². The molecule has 1 atom stereocenters. The Morgan fingerprint density at radius 3 is 3.00 bits per heavy atom. The van der Waals surface area contributed by atoms with Crippen molar-refractivity contribution in [3.8, 4) is 5.75 Å². The highest BCUT2D eigenvalue weighted by molar-refractivity contribution is 5.33. The molecular weight excluding hydrogens is 276 g/mol. The molecule has 0 amide bonds. The summed E-state index contributed by atoms with van der Waals surface area (Å²) in [6, 6.07) is 8.63. The fraction of sp³-hybridized carbons (Fsp3) is 0.471. The summed E-state index contributed by atoms with van der Waals surface area (Å²) < 4.78 is 8.05. The van der Waals surface area contributed by atoms with Crippen LogP contribution in [0.4, 0.5) is 0 Å². The van der Waals surface area contributed by atoms with Gasteiger partial charge in [-0.05, 0) is 18.9 Å². The van der Waals surface area contributed by atoms with Gasteiger partial charge < -0.3 is 15.0 Å². The van der Waals surface area contributed by atoms with Gasteiger partial charge in [-0.1, -0.05) is 18.2 Å². The van der Waals surface area contributed by atoms with E-state index in [2.05, 4.69) is 32.7 Å². The molecule has 0 spiro atoms. The van der Waals surface area contributed by atoms with Crippen molar-refractivity contribution in [2.45, 2.75) is 32.0 Å². The summed E-state index contributed by atoms with van der Waals surface area (Å²) in [6.07, 6.45) is 7.68. The van der Waals surface area contributed by atoms with Crippen LogP contribution in [-0.4, -0.2) is 40.2 Å². The lowest BCUT2D eigenvalue weighted by molar-refractivity contribution is 0.283. The molecule has 0 radical (unpaired) electrons. The van der Waals surface area contributed by atoms with E-state index in [1.165, 1.54) is 5.56 Å².